The molecule has 3 aromatic rings. The van der Waals surface area contributed by atoms with E-state index in [1.165, 1.54) is 18.2 Å². The van der Waals surface area contributed by atoms with Crippen LogP contribution in [0.4, 0.5) is 0 Å². The van der Waals surface area contributed by atoms with Crippen LogP contribution in [0.2, 0.25) is 0 Å². The first kappa shape index (κ1) is 16.6. The highest BCUT2D eigenvalue weighted by Crippen LogP contribution is 2.41. The third-order valence-corrected chi connectivity index (χ3v) is 4.27. The fourth-order valence-electron chi connectivity index (χ4n) is 2.80. The third-order valence-electron chi connectivity index (χ3n) is 4.27. The summed E-state index contributed by atoms with van der Waals surface area (Å²) >= 11 is 0. The van der Waals surface area contributed by atoms with Gasteiger partial charge < -0.3 is 19.7 Å². The topological polar surface area (TPSA) is 90.9 Å². The molecule has 128 valence electrons. The Morgan fingerprint density at radius 1 is 1.04 bits per heavy atom. The van der Waals surface area contributed by atoms with Crippen molar-refractivity contribution in [1.82, 2.24) is 0 Å². The molecule has 0 amide bonds. The van der Waals surface area contributed by atoms with Gasteiger partial charge in [-0.15, -0.1) is 6.58 Å². The van der Waals surface area contributed by atoms with Gasteiger partial charge in [0.15, 0.2) is 5.43 Å². The Hall–Kier alpha value is -3.21. The van der Waals surface area contributed by atoms with Crippen molar-refractivity contribution >= 4 is 11.0 Å². The Morgan fingerprint density at radius 3 is 2.28 bits per heavy atom. The molecule has 3 N–H and O–H groups in total. The normalized spacial score (nSPS) is 11.6. The summed E-state index contributed by atoms with van der Waals surface area (Å²) in [5.41, 5.74) is -0.0598. The SMILES string of the molecule is C=CC(C)(C)c1c(O)cc(O)c2c(=O)cc(-c3ccc(O)cc3)oc12. The number of hydrogen-bond donors (Lipinski definition) is 3. The van der Waals surface area contributed by atoms with E-state index in [0.717, 1.165) is 6.07 Å². The van der Waals surface area contributed by atoms with E-state index in [-0.39, 0.29) is 34.0 Å². The largest absolute Gasteiger partial charge is 0.508 e. The number of allylic oxidation sites excluding steroid dienone is 1. The molecule has 0 radical (unpaired) electrons. The predicted molar refractivity (Wildman–Crippen MR) is 96.1 cm³/mol. The first-order valence-electron chi connectivity index (χ1n) is 7.71. The highest BCUT2D eigenvalue weighted by Gasteiger charge is 2.28. The van der Waals surface area contributed by atoms with Gasteiger partial charge in [-0.25, -0.2) is 0 Å². The van der Waals surface area contributed by atoms with Crippen LogP contribution < -0.4 is 5.43 Å². The van der Waals surface area contributed by atoms with Crippen molar-refractivity contribution in [2.45, 2.75) is 19.3 Å². The molecule has 0 aliphatic heterocycles. The summed E-state index contributed by atoms with van der Waals surface area (Å²) in [5, 5.41) is 29.9. The summed E-state index contributed by atoms with van der Waals surface area (Å²) in [6, 6.07) is 8.60. The van der Waals surface area contributed by atoms with Gasteiger partial charge in [-0.05, 0) is 24.3 Å². The summed E-state index contributed by atoms with van der Waals surface area (Å²) in [6.45, 7) is 7.41. The summed E-state index contributed by atoms with van der Waals surface area (Å²) in [4.78, 5) is 12.6. The zero-order valence-electron chi connectivity index (χ0n) is 13.9. The van der Waals surface area contributed by atoms with Crippen LogP contribution in [0.3, 0.4) is 0 Å². The number of hydrogen-bond acceptors (Lipinski definition) is 5. The monoisotopic (exact) mass is 338 g/mol. The standard InChI is InChI=1S/C20H18O5/c1-4-20(2,3)18-15(24)9-13(22)17-14(23)10-16(25-19(17)18)11-5-7-12(21)8-6-11/h4-10,21-22,24H,1H2,2-3H3. The summed E-state index contributed by atoms with van der Waals surface area (Å²) in [5.74, 6) is -0.165. The Kier molecular flexibility index (Phi) is 3.80. The molecule has 25 heavy (non-hydrogen) atoms. The average Bonchev–Trinajstić information content (AvgIpc) is 2.54. The molecule has 3 rings (SSSR count). The number of phenolic OH excluding ortho intramolecular Hbond substituents is 3. The Morgan fingerprint density at radius 2 is 1.68 bits per heavy atom. The van der Waals surface area contributed by atoms with Crippen LogP contribution in [0, 0.1) is 0 Å². The number of fused-ring (bicyclic) bond motifs is 1. The molecule has 0 bridgehead atoms. The van der Waals surface area contributed by atoms with Crippen LogP contribution in [-0.2, 0) is 5.41 Å². The number of benzene rings is 2. The van der Waals surface area contributed by atoms with Gasteiger partial charge in [-0.3, -0.25) is 4.79 Å². The molecule has 0 saturated carbocycles. The lowest BCUT2D eigenvalue weighted by Crippen LogP contribution is -2.15. The van der Waals surface area contributed by atoms with Crippen molar-refractivity contribution in [3.63, 3.8) is 0 Å². The van der Waals surface area contributed by atoms with Crippen LogP contribution >= 0.6 is 0 Å². The minimum absolute atomic E-state index is 0.00486. The van der Waals surface area contributed by atoms with Crippen LogP contribution in [0.25, 0.3) is 22.3 Å². The molecule has 0 aliphatic carbocycles. The first-order chi connectivity index (χ1) is 11.7. The summed E-state index contributed by atoms with van der Waals surface area (Å²) < 4.78 is 5.90. The second kappa shape index (κ2) is 5.70. The summed E-state index contributed by atoms with van der Waals surface area (Å²) in [7, 11) is 0. The van der Waals surface area contributed by atoms with E-state index in [4.69, 9.17) is 4.42 Å². The van der Waals surface area contributed by atoms with Gasteiger partial charge >= 0.3 is 0 Å². The second-order valence-corrected chi connectivity index (χ2v) is 6.44. The Labute approximate surface area is 144 Å². The maximum absolute atomic E-state index is 12.6. The lowest BCUT2D eigenvalue weighted by molar-refractivity contribution is 0.437. The van der Waals surface area contributed by atoms with Crippen molar-refractivity contribution < 1.29 is 19.7 Å². The molecule has 5 nitrogen and oxygen atoms in total. The van der Waals surface area contributed by atoms with Crippen molar-refractivity contribution in [2.24, 2.45) is 0 Å². The van der Waals surface area contributed by atoms with E-state index in [1.807, 2.05) is 13.8 Å². The predicted octanol–water partition coefficient (Wildman–Crippen LogP) is 4.04. The molecule has 2 aromatic carbocycles. The molecular weight excluding hydrogens is 320 g/mol. The van der Waals surface area contributed by atoms with E-state index in [1.54, 1.807) is 18.2 Å². The second-order valence-electron chi connectivity index (χ2n) is 6.44. The van der Waals surface area contributed by atoms with Gasteiger partial charge in [0.05, 0.1) is 0 Å². The molecule has 0 fully saturated rings. The van der Waals surface area contributed by atoms with Gasteiger partial charge in [0.1, 0.15) is 34.0 Å². The van der Waals surface area contributed by atoms with Gasteiger partial charge in [-0.1, -0.05) is 19.9 Å². The molecule has 0 atom stereocenters. The van der Waals surface area contributed by atoms with E-state index in [0.29, 0.717) is 11.1 Å². The van der Waals surface area contributed by atoms with Crippen LogP contribution in [-0.4, -0.2) is 15.3 Å². The maximum atomic E-state index is 12.6. The Balaban J connectivity index is 2.43. The maximum Gasteiger partial charge on any atom is 0.197 e. The van der Waals surface area contributed by atoms with Gasteiger partial charge in [0, 0.05) is 28.7 Å². The highest BCUT2D eigenvalue weighted by atomic mass is 16.3. The van der Waals surface area contributed by atoms with Crippen molar-refractivity contribution in [3.05, 3.63) is 64.8 Å². The number of phenols is 3. The fourth-order valence-corrected chi connectivity index (χ4v) is 2.80. The van der Waals surface area contributed by atoms with E-state index < -0.39 is 10.8 Å². The molecule has 1 heterocycles. The quantitative estimate of drug-likeness (QED) is 0.627. The minimum Gasteiger partial charge on any atom is -0.508 e. The van der Waals surface area contributed by atoms with Gasteiger partial charge in [-0.2, -0.15) is 0 Å². The first-order valence-corrected chi connectivity index (χ1v) is 7.71. The van der Waals surface area contributed by atoms with Crippen LogP contribution in [0.15, 0.2) is 58.3 Å². The van der Waals surface area contributed by atoms with E-state index in [2.05, 4.69) is 6.58 Å². The molecular formula is C20H18O5. The molecule has 5 heteroatoms. The van der Waals surface area contributed by atoms with Crippen molar-refractivity contribution in [1.29, 1.82) is 0 Å². The third kappa shape index (κ3) is 2.74. The molecule has 0 aliphatic rings. The van der Waals surface area contributed by atoms with Crippen molar-refractivity contribution in [3.8, 4) is 28.6 Å². The van der Waals surface area contributed by atoms with E-state index >= 15 is 0 Å². The van der Waals surface area contributed by atoms with Crippen LogP contribution in [0.1, 0.15) is 19.4 Å². The zero-order chi connectivity index (χ0) is 18.4. The van der Waals surface area contributed by atoms with Crippen molar-refractivity contribution in [2.75, 3.05) is 0 Å². The van der Waals surface area contributed by atoms with E-state index in [9.17, 15) is 20.1 Å². The smallest absolute Gasteiger partial charge is 0.197 e. The van der Waals surface area contributed by atoms with Gasteiger partial charge in [0.2, 0.25) is 0 Å². The highest BCUT2D eigenvalue weighted by molar-refractivity contribution is 5.90. The Bertz CT molecular complexity index is 1030. The molecule has 0 unspecified atom stereocenters. The van der Waals surface area contributed by atoms with Gasteiger partial charge in [0.25, 0.3) is 0 Å². The van der Waals surface area contributed by atoms with Crippen LogP contribution in [0.5, 0.6) is 17.2 Å². The molecule has 1 aromatic heterocycles. The fraction of sp³-hybridized carbons (Fsp3) is 0.150. The zero-order valence-corrected chi connectivity index (χ0v) is 13.9. The number of rotatable bonds is 3. The lowest BCUT2D eigenvalue weighted by atomic mass is 9.83. The summed E-state index contributed by atoms with van der Waals surface area (Å²) in [6.07, 6.45) is 1.63. The number of aromatic hydroxyl groups is 3. The lowest BCUT2D eigenvalue weighted by Gasteiger charge is -2.23. The molecule has 0 spiro atoms. The average molecular weight is 338 g/mol. The minimum atomic E-state index is -0.695. The molecule has 0 saturated heterocycles.